The van der Waals surface area contributed by atoms with Crippen molar-refractivity contribution in [1.29, 1.82) is 5.26 Å². The summed E-state index contributed by atoms with van der Waals surface area (Å²) in [5, 5.41) is 12.9. The summed E-state index contributed by atoms with van der Waals surface area (Å²) in [7, 11) is 0. The molecule has 3 rings (SSSR count). The van der Waals surface area contributed by atoms with Gasteiger partial charge in [0.2, 0.25) is 5.91 Å². The lowest BCUT2D eigenvalue weighted by atomic mass is 9.98. The number of nitrogens with one attached hydrogen (secondary N) is 1. The third-order valence-electron chi connectivity index (χ3n) is 4.21. The molecule has 4 nitrogen and oxygen atoms in total. The number of thiophene rings is 1. The first-order chi connectivity index (χ1) is 9.14. The molecular weight excluding hydrogens is 258 g/mol. The van der Waals surface area contributed by atoms with Crippen LogP contribution in [0.5, 0.6) is 0 Å². The van der Waals surface area contributed by atoms with Gasteiger partial charge in [0, 0.05) is 4.88 Å². The van der Waals surface area contributed by atoms with Gasteiger partial charge in [0.1, 0.15) is 11.1 Å². The fourth-order valence-corrected chi connectivity index (χ4v) is 4.31. The van der Waals surface area contributed by atoms with Gasteiger partial charge >= 0.3 is 0 Å². The smallest absolute Gasteiger partial charge is 0.245 e. The summed E-state index contributed by atoms with van der Waals surface area (Å²) in [6.07, 6.45) is 6.60. The van der Waals surface area contributed by atoms with E-state index in [1.54, 1.807) is 11.3 Å². The Morgan fingerprint density at radius 3 is 2.74 bits per heavy atom. The highest BCUT2D eigenvalue weighted by atomic mass is 32.1. The van der Waals surface area contributed by atoms with Gasteiger partial charge in [-0.15, -0.1) is 11.3 Å². The summed E-state index contributed by atoms with van der Waals surface area (Å²) in [4.78, 5) is 13.5. The zero-order valence-corrected chi connectivity index (χ0v) is 11.6. The Morgan fingerprint density at radius 2 is 2.05 bits per heavy atom. The van der Waals surface area contributed by atoms with Crippen LogP contribution in [0.4, 0.5) is 5.00 Å². The van der Waals surface area contributed by atoms with Gasteiger partial charge in [0.05, 0.1) is 11.1 Å². The number of nitrogens with two attached hydrogens (primary N) is 1. The van der Waals surface area contributed by atoms with Crippen molar-refractivity contribution in [2.45, 2.75) is 50.5 Å². The maximum atomic E-state index is 12.3. The summed E-state index contributed by atoms with van der Waals surface area (Å²) in [6, 6.07) is 2.24. The molecule has 0 aliphatic heterocycles. The summed E-state index contributed by atoms with van der Waals surface area (Å²) in [6.45, 7) is 0. The lowest BCUT2D eigenvalue weighted by molar-refractivity contribution is -0.120. The molecule has 0 aromatic carbocycles. The quantitative estimate of drug-likeness (QED) is 0.869. The first-order valence-electron chi connectivity index (χ1n) is 6.79. The highest BCUT2D eigenvalue weighted by Crippen LogP contribution is 2.39. The van der Waals surface area contributed by atoms with Gasteiger partial charge in [0.15, 0.2) is 0 Å². The van der Waals surface area contributed by atoms with E-state index < -0.39 is 5.54 Å². The second kappa shape index (κ2) is 4.62. The highest BCUT2D eigenvalue weighted by Gasteiger charge is 2.38. The van der Waals surface area contributed by atoms with Crippen molar-refractivity contribution in [3.63, 3.8) is 0 Å². The number of aryl methyl sites for hydroxylation is 1. The molecule has 0 spiro atoms. The van der Waals surface area contributed by atoms with E-state index in [2.05, 4.69) is 11.4 Å². The molecule has 1 aromatic rings. The summed E-state index contributed by atoms with van der Waals surface area (Å²) < 4.78 is 0. The van der Waals surface area contributed by atoms with E-state index >= 15 is 0 Å². The third kappa shape index (κ3) is 2.05. The van der Waals surface area contributed by atoms with Gasteiger partial charge in [-0.05, 0) is 37.7 Å². The minimum Gasteiger partial charge on any atom is -0.317 e. The van der Waals surface area contributed by atoms with Crippen molar-refractivity contribution < 1.29 is 4.79 Å². The van der Waals surface area contributed by atoms with Crippen LogP contribution in [0.1, 0.15) is 48.1 Å². The fourth-order valence-electron chi connectivity index (χ4n) is 3.07. The van der Waals surface area contributed by atoms with E-state index in [0.717, 1.165) is 50.5 Å². The van der Waals surface area contributed by atoms with Crippen molar-refractivity contribution in [1.82, 2.24) is 0 Å². The average molecular weight is 275 g/mol. The molecule has 19 heavy (non-hydrogen) atoms. The van der Waals surface area contributed by atoms with Crippen molar-refractivity contribution in [3.05, 3.63) is 16.0 Å². The van der Waals surface area contributed by atoms with Gasteiger partial charge < -0.3 is 11.1 Å². The summed E-state index contributed by atoms with van der Waals surface area (Å²) in [5.41, 5.74) is 7.21. The Labute approximate surface area is 116 Å². The van der Waals surface area contributed by atoms with Gasteiger partial charge in [-0.2, -0.15) is 5.26 Å². The highest BCUT2D eigenvalue weighted by molar-refractivity contribution is 7.16. The van der Waals surface area contributed by atoms with Crippen molar-refractivity contribution in [3.8, 4) is 6.07 Å². The van der Waals surface area contributed by atoms with Crippen LogP contribution in [0, 0.1) is 11.3 Å². The van der Waals surface area contributed by atoms with Crippen LogP contribution in [0.3, 0.4) is 0 Å². The van der Waals surface area contributed by atoms with Crippen molar-refractivity contribution >= 4 is 22.2 Å². The molecule has 0 unspecified atom stereocenters. The maximum Gasteiger partial charge on any atom is 0.245 e. The number of nitrogens with zero attached hydrogens (tertiary/aromatic N) is 1. The van der Waals surface area contributed by atoms with E-state index in [0.29, 0.717) is 10.6 Å². The lowest BCUT2D eigenvalue weighted by Gasteiger charge is -2.21. The zero-order chi connectivity index (χ0) is 13.5. The second-order valence-corrected chi connectivity index (χ2v) is 6.60. The van der Waals surface area contributed by atoms with Crippen LogP contribution in [0.25, 0.3) is 0 Å². The molecule has 1 heterocycles. The lowest BCUT2D eigenvalue weighted by Crippen LogP contribution is -2.48. The number of nitriles is 1. The third-order valence-corrected chi connectivity index (χ3v) is 5.42. The van der Waals surface area contributed by atoms with Crippen LogP contribution < -0.4 is 11.1 Å². The van der Waals surface area contributed by atoms with Crippen molar-refractivity contribution in [2.75, 3.05) is 5.32 Å². The van der Waals surface area contributed by atoms with Gasteiger partial charge in [-0.1, -0.05) is 12.8 Å². The molecule has 1 fully saturated rings. The van der Waals surface area contributed by atoms with E-state index in [1.165, 1.54) is 4.88 Å². The number of anilines is 1. The molecule has 1 saturated carbocycles. The van der Waals surface area contributed by atoms with Crippen LogP contribution in [-0.4, -0.2) is 11.4 Å². The second-order valence-electron chi connectivity index (χ2n) is 5.49. The van der Waals surface area contributed by atoms with E-state index in [9.17, 15) is 10.1 Å². The Kier molecular flexibility index (Phi) is 3.08. The Morgan fingerprint density at radius 1 is 1.32 bits per heavy atom. The number of carbonyl (C=O) groups excluding carboxylic acids is 1. The van der Waals surface area contributed by atoms with Gasteiger partial charge in [0.25, 0.3) is 0 Å². The standard InChI is InChI=1S/C14H17N3OS/c15-8-10-9-4-3-5-11(9)19-12(10)17-13(18)14(16)6-1-2-7-14/h1-7,16H2,(H,17,18). The molecule has 100 valence electrons. The molecule has 0 radical (unpaired) electrons. The molecule has 5 heteroatoms. The Balaban J connectivity index is 1.84. The topological polar surface area (TPSA) is 78.9 Å². The number of fused-ring (bicyclic) bond motifs is 1. The number of hydrogen-bond acceptors (Lipinski definition) is 4. The molecule has 2 aliphatic carbocycles. The SMILES string of the molecule is N#Cc1c(NC(=O)C2(N)CCCC2)sc2c1CCC2. The number of amides is 1. The minimum absolute atomic E-state index is 0.124. The molecule has 2 aliphatic rings. The van der Waals surface area contributed by atoms with Crippen LogP contribution in [0.15, 0.2) is 0 Å². The molecular formula is C14H17N3OS. The first kappa shape index (κ1) is 12.6. The molecule has 0 atom stereocenters. The predicted octanol–water partition coefficient (Wildman–Crippen LogP) is 2.32. The van der Waals surface area contributed by atoms with Gasteiger partial charge in [-0.25, -0.2) is 0 Å². The van der Waals surface area contributed by atoms with Crippen molar-refractivity contribution in [2.24, 2.45) is 5.73 Å². The average Bonchev–Trinajstić information content (AvgIpc) is 3.05. The number of rotatable bonds is 2. The Hall–Kier alpha value is -1.38. The molecule has 0 bridgehead atoms. The summed E-state index contributed by atoms with van der Waals surface area (Å²) in [5.74, 6) is -0.124. The van der Waals surface area contributed by atoms with E-state index in [-0.39, 0.29) is 5.91 Å². The fraction of sp³-hybridized carbons (Fsp3) is 0.571. The number of carbonyl (C=O) groups is 1. The normalized spacial score (nSPS) is 20.0. The van der Waals surface area contributed by atoms with Crippen LogP contribution >= 0.6 is 11.3 Å². The van der Waals surface area contributed by atoms with Crippen LogP contribution in [-0.2, 0) is 17.6 Å². The van der Waals surface area contributed by atoms with E-state index in [4.69, 9.17) is 5.73 Å². The van der Waals surface area contributed by atoms with Gasteiger partial charge in [-0.3, -0.25) is 4.79 Å². The maximum absolute atomic E-state index is 12.3. The monoisotopic (exact) mass is 275 g/mol. The molecule has 1 amide bonds. The zero-order valence-electron chi connectivity index (χ0n) is 10.8. The largest absolute Gasteiger partial charge is 0.317 e. The molecule has 1 aromatic heterocycles. The summed E-state index contributed by atoms with van der Waals surface area (Å²) >= 11 is 1.55. The number of hydrogen-bond donors (Lipinski definition) is 2. The van der Waals surface area contributed by atoms with Crippen LogP contribution in [0.2, 0.25) is 0 Å². The molecule has 0 saturated heterocycles. The first-order valence-corrected chi connectivity index (χ1v) is 7.61. The minimum atomic E-state index is -0.735. The van der Waals surface area contributed by atoms with E-state index in [1.807, 2.05) is 0 Å². The predicted molar refractivity (Wildman–Crippen MR) is 75.1 cm³/mol. The molecule has 3 N–H and O–H groups in total. The Bertz CT molecular complexity index is 564.